The van der Waals surface area contributed by atoms with Crippen molar-refractivity contribution < 1.29 is 19.0 Å². The Bertz CT molecular complexity index is 649. The minimum absolute atomic E-state index is 0.00944. The lowest BCUT2D eigenvalue weighted by Crippen LogP contribution is -2.61. The van der Waals surface area contributed by atoms with Gasteiger partial charge >= 0.3 is 6.09 Å². The van der Waals surface area contributed by atoms with Gasteiger partial charge in [-0.15, -0.1) is 0 Å². The van der Waals surface area contributed by atoms with Crippen LogP contribution < -0.4 is 0 Å². The van der Waals surface area contributed by atoms with E-state index in [0.29, 0.717) is 13.1 Å². The highest BCUT2D eigenvalue weighted by atomic mass is 19.1. The van der Waals surface area contributed by atoms with E-state index >= 15 is 0 Å². The highest BCUT2D eigenvalue weighted by molar-refractivity contribution is 5.68. The smallest absolute Gasteiger partial charge is 0.410 e. The van der Waals surface area contributed by atoms with Gasteiger partial charge in [0.2, 0.25) is 0 Å². The average molecular weight is 381 g/mol. The summed E-state index contributed by atoms with van der Waals surface area (Å²) in [5.74, 6) is -0.301. The van der Waals surface area contributed by atoms with Gasteiger partial charge in [0.25, 0.3) is 0 Å². The SMILES string of the molecule is C[C@@H]1CN(C(=O)OC(C)(C)C)[C@@H](C)CN1C(c1ccc(F)cc1)C(C)(C)O. The van der Waals surface area contributed by atoms with Gasteiger partial charge in [0.05, 0.1) is 11.6 Å². The molecule has 1 aliphatic rings. The Kier molecular flexibility index (Phi) is 6.22. The lowest BCUT2D eigenvalue weighted by atomic mass is 9.88. The second kappa shape index (κ2) is 7.76. The van der Waals surface area contributed by atoms with Gasteiger partial charge in [0, 0.05) is 25.2 Å². The van der Waals surface area contributed by atoms with E-state index in [2.05, 4.69) is 4.90 Å². The molecule has 1 amide bonds. The van der Waals surface area contributed by atoms with Gasteiger partial charge in [0.1, 0.15) is 11.4 Å². The summed E-state index contributed by atoms with van der Waals surface area (Å²) in [7, 11) is 0. The van der Waals surface area contributed by atoms with E-state index in [1.165, 1.54) is 12.1 Å². The highest BCUT2D eigenvalue weighted by Gasteiger charge is 2.42. The van der Waals surface area contributed by atoms with Crippen LogP contribution in [0, 0.1) is 5.82 Å². The summed E-state index contributed by atoms with van der Waals surface area (Å²) in [5, 5.41) is 10.8. The topological polar surface area (TPSA) is 53.0 Å². The molecule has 5 nitrogen and oxygen atoms in total. The van der Waals surface area contributed by atoms with Crippen LogP contribution in [-0.4, -0.2) is 57.4 Å². The monoisotopic (exact) mass is 380 g/mol. The normalized spacial score (nSPS) is 23.2. The van der Waals surface area contributed by atoms with Crippen molar-refractivity contribution in [3.8, 4) is 0 Å². The predicted molar refractivity (Wildman–Crippen MR) is 104 cm³/mol. The van der Waals surface area contributed by atoms with E-state index in [-0.39, 0.29) is 30.0 Å². The van der Waals surface area contributed by atoms with Crippen LogP contribution in [0.5, 0.6) is 0 Å². The number of nitrogens with zero attached hydrogens (tertiary/aromatic N) is 2. The van der Waals surface area contributed by atoms with Gasteiger partial charge in [-0.1, -0.05) is 12.1 Å². The minimum Gasteiger partial charge on any atom is -0.444 e. The first-order valence-electron chi connectivity index (χ1n) is 9.53. The van der Waals surface area contributed by atoms with E-state index in [0.717, 1.165) is 5.56 Å². The molecule has 0 saturated carbocycles. The van der Waals surface area contributed by atoms with Gasteiger partial charge in [0.15, 0.2) is 0 Å². The Morgan fingerprint density at radius 1 is 1.11 bits per heavy atom. The Hall–Kier alpha value is -1.66. The number of ether oxygens (including phenoxy) is 1. The zero-order valence-electron chi connectivity index (χ0n) is 17.5. The molecule has 3 atom stereocenters. The molecule has 1 aromatic carbocycles. The number of halogens is 1. The number of hydrogen-bond donors (Lipinski definition) is 1. The van der Waals surface area contributed by atoms with Crippen LogP contribution in [0.15, 0.2) is 24.3 Å². The summed E-state index contributed by atoms with van der Waals surface area (Å²) >= 11 is 0. The quantitative estimate of drug-likeness (QED) is 0.862. The highest BCUT2D eigenvalue weighted by Crippen LogP contribution is 2.36. The molecule has 1 unspecified atom stereocenters. The molecule has 1 heterocycles. The summed E-state index contributed by atoms with van der Waals surface area (Å²) in [4.78, 5) is 16.5. The lowest BCUT2D eigenvalue weighted by Gasteiger charge is -2.50. The molecule has 0 aromatic heterocycles. The van der Waals surface area contributed by atoms with Gasteiger partial charge in [-0.3, -0.25) is 4.90 Å². The van der Waals surface area contributed by atoms with Crippen LogP contribution in [0.25, 0.3) is 0 Å². The third-order valence-electron chi connectivity index (χ3n) is 4.85. The first kappa shape index (κ1) is 21.6. The number of hydrogen-bond acceptors (Lipinski definition) is 4. The summed E-state index contributed by atoms with van der Waals surface area (Å²) in [6, 6.07) is 5.90. The second-order valence-corrected chi connectivity index (χ2v) is 9.14. The summed E-state index contributed by atoms with van der Waals surface area (Å²) in [6.45, 7) is 14.2. The number of piperazine rings is 1. The maximum Gasteiger partial charge on any atom is 0.410 e. The number of amides is 1. The van der Waals surface area contributed by atoms with Crippen molar-refractivity contribution in [2.45, 2.75) is 77.8 Å². The number of aliphatic hydroxyl groups is 1. The predicted octanol–water partition coefficient (Wildman–Crippen LogP) is 3.97. The lowest BCUT2D eigenvalue weighted by molar-refractivity contribution is -0.0721. The molecule has 0 radical (unpaired) electrons. The van der Waals surface area contributed by atoms with Crippen molar-refractivity contribution >= 4 is 6.09 Å². The fourth-order valence-corrected chi connectivity index (χ4v) is 3.74. The molecule has 2 rings (SSSR count). The van der Waals surface area contributed by atoms with Gasteiger partial charge < -0.3 is 14.7 Å². The van der Waals surface area contributed by atoms with Crippen molar-refractivity contribution in [2.75, 3.05) is 13.1 Å². The molecule has 1 N–H and O–H groups in total. The average Bonchev–Trinajstić information content (AvgIpc) is 2.49. The number of carbonyl (C=O) groups is 1. The fraction of sp³-hybridized carbons (Fsp3) is 0.667. The molecule has 0 spiro atoms. The van der Waals surface area contributed by atoms with Gasteiger partial charge in [-0.2, -0.15) is 0 Å². The van der Waals surface area contributed by atoms with Crippen LogP contribution >= 0.6 is 0 Å². The van der Waals surface area contributed by atoms with E-state index in [4.69, 9.17) is 4.74 Å². The fourth-order valence-electron chi connectivity index (χ4n) is 3.74. The third kappa shape index (κ3) is 5.42. The molecule has 1 fully saturated rings. The molecule has 152 valence electrons. The molecule has 1 saturated heterocycles. The van der Waals surface area contributed by atoms with E-state index in [1.807, 2.05) is 34.6 Å². The van der Waals surface area contributed by atoms with Crippen molar-refractivity contribution in [3.63, 3.8) is 0 Å². The van der Waals surface area contributed by atoms with Crippen molar-refractivity contribution in [1.82, 2.24) is 9.80 Å². The van der Waals surface area contributed by atoms with Gasteiger partial charge in [-0.25, -0.2) is 9.18 Å². The Balaban J connectivity index is 2.25. The molecule has 1 aliphatic heterocycles. The molecule has 0 bridgehead atoms. The molecule has 1 aromatic rings. The summed E-state index contributed by atoms with van der Waals surface area (Å²) < 4.78 is 18.9. The maximum absolute atomic E-state index is 13.4. The summed E-state index contributed by atoms with van der Waals surface area (Å²) in [5.41, 5.74) is -0.713. The second-order valence-electron chi connectivity index (χ2n) is 9.14. The molecular weight excluding hydrogens is 347 g/mol. The van der Waals surface area contributed by atoms with E-state index in [1.54, 1.807) is 30.9 Å². The van der Waals surface area contributed by atoms with Gasteiger partial charge in [-0.05, 0) is 66.2 Å². The van der Waals surface area contributed by atoms with Crippen LogP contribution in [0.4, 0.5) is 9.18 Å². The zero-order valence-corrected chi connectivity index (χ0v) is 17.5. The van der Waals surface area contributed by atoms with Crippen molar-refractivity contribution in [2.24, 2.45) is 0 Å². The van der Waals surface area contributed by atoms with E-state index < -0.39 is 11.2 Å². The largest absolute Gasteiger partial charge is 0.444 e. The van der Waals surface area contributed by atoms with Crippen LogP contribution in [0.1, 0.15) is 60.1 Å². The number of rotatable bonds is 3. The molecule has 6 heteroatoms. The first-order valence-corrected chi connectivity index (χ1v) is 9.53. The Labute approximate surface area is 162 Å². The maximum atomic E-state index is 13.4. The molecule has 0 aliphatic carbocycles. The van der Waals surface area contributed by atoms with Crippen molar-refractivity contribution in [3.05, 3.63) is 35.6 Å². The molecule has 27 heavy (non-hydrogen) atoms. The van der Waals surface area contributed by atoms with Crippen LogP contribution in [0.2, 0.25) is 0 Å². The van der Waals surface area contributed by atoms with E-state index in [9.17, 15) is 14.3 Å². The standard InChI is InChI=1S/C21H33FN2O3/c1-14-13-24(19(25)27-20(3,4)5)15(2)12-23(14)18(21(6,7)26)16-8-10-17(22)11-9-16/h8-11,14-15,18,26H,12-13H2,1-7H3/t14-,15+,18?/m1/s1. The molecular formula is C21H33FN2O3. The third-order valence-corrected chi connectivity index (χ3v) is 4.85. The van der Waals surface area contributed by atoms with Crippen molar-refractivity contribution in [1.29, 1.82) is 0 Å². The number of carbonyl (C=O) groups excluding carboxylic acids is 1. The minimum atomic E-state index is -1.03. The number of benzene rings is 1. The van der Waals surface area contributed by atoms with Crippen LogP contribution in [0.3, 0.4) is 0 Å². The Morgan fingerprint density at radius 3 is 2.15 bits per heavy atom. The first-order chi connectivity index (χ1) is 12.3. The van der Waals surface area contributed by atoms with Crippen LogP contribution in [-0.2, 0) is 4.74 Å². The zero-order chi connectivity index (χ0) is 20.6. The Morgan fingerprint density at radius 2 is 1.67 bits per heavy atom. The summed E-state index contributed by atoms with van der Waals surface area (Å²) in [6.07, 6.45) is -0.317.